The van der Waals surface area contributed by atoms with Crippen molar-refractivity contribution < 1.29 is 33.5 Å². The highest BCUT2D eigenvalue weighted by atomic mass is 35.7. The molecule has 6 nitrogen and oxygen atoms in total. The first-order chi connectivity index (χ1) is 16.8. The first kappa shape index (κ1) is 27.6. The average molecular weight is 510 g/mol. The van der Waals surface area contributed by atoms with Crippen molar-refractivity contribution in [2.75, 3.05) is 19.0 Å². The fourth-order valence-corrected chi connectivity index (χ4v) is 5.09. The van der Waals surface area contributed by atoms with Crippen molar-refractivity contribution >= 4 is 17.1 Å². The highest BCUT2D eigenvalue weighted by molar-refractivity contribution is 6.03. The quantitative estimate of drug-likeness (QED) is 0.505. The monoisotopic (exact) mass is 509 g/mol. The minimum absolute atomic E-state index is 0.0174. The predicted octanol–water partition coefficient (Wildman–Crippen LogP) is 2.55. The van der Waals surface area contributed by atoms with Crippen LogP contribution in [0.4, 0.5) is 11.4 Å². The van der Waals surface area contributed by atoms with Gasteiger partial charge >= 0.3 is 0 Å². The summed E-state index contributed by atoms with van der Waals surface area (Å²) in [6.07, 6.45) is 15.0. The van der Waals surface area contributed by atoms with Gasteiger partial charge in [-0.05, 0) is 31.6 Å². The van der Waals surface area contributed by atoms with E-state index in [0.29, 0.717) is 0 Å². The Morgan fingerprint density at radius 1 is 0.806 bits per heavy atom. The van der Waals surface area contributed by atoms with E-state index in [1.165, 1.54) is 33.9 Å². The van der Waals surface area contributed by atoms with Gasteiger partial charge in [0.1, 0.15) is 7.05 Å². The van der Waals surface area contributed by atoms with Gasteiger partial charge in [0.25, 0.3) is 0 Å². The molecular formula is C29H34ClN2O4+. The molecule has 2 heterocycles. The van der Waals surface area contributed by atoms with Gasteiger partial charge in [0.15, 0.2) is 5.71 Å². The van der Waals surface area contributed by atoms with Crippen LogP contribution in [0.15, 0.2) is 96.8 Å². The van der Waals surface area contributed by atoms with E-state index in [9.17, 15) is 0 Å². The summed E-state index contributed by atoms with van der Waals surface area (Å²) in [7, 11) is -0.387. The van der Waals surface area contributed by atoms with E-state index in [1.54, 1.807) is 0 Å². The van der Waals surface area contributed by atoms with Gasteiger partial charge in [-0.3, -0.25) is 0 Å². The SMILES string of the molecule is CN1\C(=C/C=C/C=C/C=C/C2=[N+](C)c3ccccc3C2(C)C)C(C)(C)c2ccccc21.[O-][Cl+3]([O-])([O-])O. The summed E-state index contributed by atoms with van der Waals surface area (Å²) in [6, 6.07) is 17.3. The molecule has 0 fully saturated rings. The van der Waals surface area contributed by atoms with Crippen molar-refractivity contribution in [3.05, 3.63) is 108 Å². The maximum atomic E-state index is 8.60. The van der Waals surface area contributed by atoms with Gasteiger partial charge in [0.2, 0.25) is 5.69 Å². The molecule has 0 aromatic heterocycles. The maximum absolute atomic E-state index is 8.60. The number of halogens is 1. The van der Waals surface area contributed by atoms with Crippen molar-refractivity contribution in [3.63, 3.8) is 0 Å². The lowest BCUT2D eigenvalue weighted by atomic mass is 9.81. The van der Waals surface area contributed by atoms with E-state index in [1.807, 2.05) is 0 Å². The fraction of sp³-hybridized carbons (Fsp3) is 0.276. The zero-order valence-electron chi connectivity index (χ0n) is 21.6. The Labute approximate surface area is 215 Å². The van der Waals surface area contributed by atoms with Crippen LogP contribution in [0, 0.1) is 10.2 Å². The number of benzene rings is 2. The van der Waals surface area contributed by atoms with E-state index in [4.69, 9.17) is 18.6 Å². The maximum Gasteiger partial charge on any atom is 0.209 e. The van der Waals surface area contributed by atoms with Crippen LogP contribution in [0.3, 0.4) is 0 Å². The molecule has 0 unspecified atom stereocenters. The molecule has 36 heavy (non-hydrogen) atoms. The Kier molecular flexibility index (Phi) is 8.08. The normalized spacial score (nSPS) is 19.4. The number of hydrogen-bond acceptors (Lipinski definition) is 5. The minimum Gasteiger partial charge on any atom is -0.347 e. The largest absolute Gasteiger partial charge is 0.347 e. The number of anilines is 1. The second-order valence-electron chi connectivity index (χ2n) is 9.86. The zero-order chi connectivity index (χ0) is 26.7. The van der Waals surface area contributed by atoms with E-state index >= 15 is 0 Å². The molecule has 0 bridgehead atoms. The van der Waals surface area contributed by atoms with Crippen molar-refractivity contribution in [2.24, 2.45) is 0 Å². The second kappa shape index (κ2) is 10.5. The molecule has 0 saturated carbocycles. The summed E-state index contributed by atoms with van der Waals surface area (Å²) in [5.41, 5.74) is 8.04. The molecule has 0 amide bonds. The van der Waals surface area contributed by atoms with Crippen LogP contribution in [-0.4, -0.2) is 29.0 Å². The van der Waals surface area contributed by atoms with Crippen molar-refractivity contribution in [1.29, 1.82) is 0 Å². The van der Waals surface area contributed by atoms with Gasteiger partial charge in [0, 0.05) is 41.6 Å². The second-order valence-corrected chi connectivity index (χ2v) is 10.7. The van der Waals surface area contributed by atoms with E-state index in [0.717, 1.165) is 0 Å². The third-order valence-corrected chi connectivity index (χ3v) is 6.83. The number of fused-ring (bicyclic) bond motifs is 2. The summed E-state index contributed by atoms with van der Waals surface area (Å²) in [4.78, 5) is 2.30. The van der Waals surface area contributed by atoms with Gasteiger partial charge in [0.05, 0.1) is 20.3 Å². The molecular weight excluding hydrogens is 476 g/mol. The lowest BCUT2D eigenvalue weighted by Crippen LogP contribution is -2.58. The van der Waals surface area contributed by atoms with Gasteiger partial charge in [-0.2, -0.15) is 18.6 Å². The van der Waals surface area contributed by atoms with Crippen LogP contribution in [0.5, 0.6) is 0 Å². The molecule has 2 aliphatic rings. The first-order valence-electron chi connectivity index (χ1n) is 11.7. The molecule has 190 valence electrons. The standard InChI is InChI=1S/C29H33N2.ClHO4/c1-28(2)22-16-12-14-18-24(22)30(5)26(28)20-10-8-7-9-11-21-27-29(3,4)23-17-13-15-19-25(23)31(27)6;2-1(3,4)5/h7-21H,1-6H3;(H,2,3,4,5)/q+1;. The Balaban J connectivity index is 0.000000658. The third-order valence-electron chi connectivity index (χ3n) is 6.83. The first-order valence-corrected chi connectivity index (χ1v) is 12.9. The number of rotatable bonds is 4. The van der Waals surface area contributed by atoms with E-state index in [2.05, 4.69) is 142 Å². The lowest BCUT2D eigenvalue weighted by Gasteiger charge is -2.23. The molecule has 1 N–H and O–H groups in total. The van der Waals surface area contributed by atoms with Crippen LogP contribution in [-0.2, 0) is 10.8 Å². The zero-order valence-corrected chi connectivity index (χ0v) is 22.4. The molecule has 0 spiro atoms. The average Bonchev–Trinajstić information content (AvgIpc) is 3.11. The van der Waals surface area contributed by atoms with Crippen LogP contribution >= 0.6 is 0 Å². The summed E-state index contributed by atoms with van der Waals surface area (Å²) in [5, 5.41) is 0. The van der Waals surface area contributed by atoms with E-state index in [-0.39, 0.29) is 10.8 Å². The molecule has 0 aliphatic carbocycles. The fourth-order valence-electron chi connectivity index (χ4n) is 5.09. The van der Waals surface area contributed by atoms with Gasteiger partial charge < -0.3 is 4.90 Å². The highest BCUT2D eigenvalue weighted by Gasteiger charge is 2.42. The smallest absolute Gasteiger partial charge is 0.209 e. The third kappa shape index (κ3) is 5.86. The van der Waals surface area contributed by atoms with E-state index < -0.39 is 10.2 Å². The van der Waals surface area contributed by atoms with Crippen LogP contribution < -0.4 is 18.9 Å². The summed E-state index contributed by atoms with van der Waals surface area (Å²) < 4.78 is 35.0. The Hall–Kier alpha value is -3.00. The van der Waals surface area contributed by atoms with Gasteiger partial charge in [-0.15, -0.1) is 0 Å². The number of hydrogen-bond donors (Lipinski definition) is 1. The number of likely N-dealkylation sites (N-methyl/N-ethyl adjacent to an activating group) is 1. The molecule has 0 radical (unpaired) electrons. The van der Waals surface area contributed by atoms with Crippen molar-refractivity contribution in [2.45, 2.75) is 38.5 Å². The van der Waals surface area contributed by atoms with Gasteiger partial charge in [-0.1, -0.05) is 80.6 Å². The predicted molar refractivity (Wildman–Crippen MR) is 136 cm³/mol. The van der Waals surface area contributed by atoms with Crippen molar-refractivity contribution in [1.82, 2.24) is 0 Å². The minimum atomic E-state index is -4.69. The molecule has 0 saturated heterocycles. The number of nitrogens with zero attached hydrogens (tertiary/aromatic N) is 2. The number of allylic oxidation sites excluding steroid dienone is 8. The molecule has 2 aliphatic heterocycles. The Bertz CT molecular complexity index is 1260. The van der Waals surface area contributed by atoms with Crippen molar-refractivity contribution in [3.8, 4) is 0 Å². The summed E-state index contributed by atoms with van der Waals surface area (Å²) >= 11 is 0. The Morgan fingerprint density at radius 3 is 1.94 bits per heavy atom. The molecule has 7 heteroatoms. The molecule has 2 aromatic carbocycles. The van der Waals surface area contributed by atoms with Crippen LogP contribution in [0.2, 0.25) is 0 Å². The Morgan fingerprint density at radius 2 is 1.33 bits per heavy atom. The molecule has 4 rings (SSSR count). The summed E-state index contributed by atoms with van der Waals surface area (Å²) in [5.74, 6) is 0. The van der Waals surface area contributed by atoms with Crippen LogP contribution in [0.1, 0.15) is 38.8 Å². The molecule has 0 atom stereocenters. The lowest BCUT2D eigenvalue weighted by molar-refractivity contribution is -1.92. The molecule has 2 aromatic rings. The number of para-hydroxylation sites is 2. The summed E-state index contributed by atoms with van der Waals surface area (Å²) in [6.45, 7) is 9.18. The topological polar surface area (TPSA) is 95.7 Å². The van der Waals surface area contributed by atoms with Gasteiger partial charge in [-0.25, -0.2) is 0 Å². The van der Waals surface area contributed by atoms with Crippen LogP contribution in [0.25, 0.3) is 0 Å². The highest BCUT2D eigenvalue weighted by Crippen LogP contribution is 2.46.